The minimum Gasteiger partial charge on any atom is -0.325 e. The predicted molar refractivity (Wildman–Crippen MR) is 69.3 cm³/mol. The molecule has 0 aromatic heterocycles. The molecule has 1 aromatic carbocycles. The number of nitrogens with one attached hydrogen (secondary N) is 1. The van der Waals surface area contributed by atoms with Gasteiger partial charge in [0.05, 0.1) is 10.7 Å². The number of hydrogen-bond donors (Lipinski definition) is 1. The zero-order valence-electron chi connectivity index (χ0n) is 9.97. The van der Waals surface area contributed by atoms with Gasteiger partial charge in [-0.3, -0.25) is 14.9 Å². The van der Waals surface area contributed by atoms with Crippen molar-refractivity contribution < 1.29 is 14.1 Å². The molecule has 0 aliphatic rings. The Morgan fingerprint density at radius 3 is 2.78 bits per heavy atom. The van der Waals surface area contributed by atoms with Crippen LogP contribution in [-0.4, -0.2) is 21.8 Å². The quantitative estimate of drug-likeness (QED) is 0.660. The summed E-state index contributed by atoms with van der Waals surface area (Å²) in [7, 11) is 0. The second-order valence-electron chi connectivity index (χ2n) is 3.83. The molecule has 0 radical (unpaired) electrons. The molecule has 1 rings (SSSR count). The van der Waals surface area contributed by atoms with E-state index in [1.165, 1.54) is 17.8 Å². The summed E-state index contributed by atoms with van der Waals surface area (Å²) in [5, 5.41) is 13.3. The monoisotopic (exact) mass is 272 g/mol. The molecular weight excluding hydrogens is 259 g/mol. The largest absolute Gasteiger partial charge is 0.325 e. The van der Waals surface area contributed by atoms with E-state index in [0.717, 1.165) is 12.1 Å². The highest BCUT2D eigenvalue weighted by molar-refractivity contribution is 8.00. The molecule has 0 fully saturated rings. The third-order valence-corrected chi connectivity index (χ3v) is 3.07. The Morgan fingerprint density at radius 1 is 1.56 bits per heavy atom. The van der Waals surface area contributed by atoms with E-state index in [0.29, 0.717) is 5.25 Å². The van der Waals surface area contributed by atoms with Crippen LogP contribution in [0, 0.1) is 15.9 Å². The number of carbonyl (C=O) groups is 1. The van der Waals surface area contributed by atoms with Crippen LogP contribution in [0.3, 0.4) is 0 Å². The van der Waals surface area contributed by atoms with Crippen LogP contribution >= 0.6 is 11.8 Å². The van der Waals surface area contributed by atoms with Gasteiger partial charge >= 0.3 is 5.69 Å². The summed E-state index contributed by atoms with van der Waals surface area (Å²) in [6, 6.07) is 3.26. The number of nitro benzene ring substituents is 1. The number of carbonyl (C=O) groups excluding carboxylic acids is 1. The summed E-state index contributed by atoms with van der Waals surface area (Å²) in [5.41, 5.74) is -0.429. The van der Waals surface area contributed by atoms with Crippen molar-refractivity contribution in [3.05, 3.63) is 34.1 Å². The molecule has 98 valence electrons. The van der Waals surface area contributed by atoms with E-state index in [4.69, 9.17) is 0 Å². The SMILES string of the molecule is CC(C)SCC(=O)Nc1ccc(F)c([N+](=O)[O-])c1. The van der Waals surface area contributed by atoms with E-state index >= 15 is 0 Å². The Bertz CT molecular complexity index is 466. The fourth-order valence-electron chi connectivity index (χ4n) is 1.17. The molecule has 1 amide bonds. The fourth-order valence-corrected chi connectivity index (χ4v) is 1.73. The maximum atomic E-state index is 13.1. The molecule has 0 atom stereocenters. The number of halogens is 1. The molecule has 0 spiro atoms. The molecule has 0 bridgehead atoms. The lowest BCUT2D eigenvalue weighted by molar-refractivity contribution is -0.387. The van der Waals surface area contributed by atoms with Crippen molar-refractivity contribution in [2.75, 3.05) is 11.1 Å². The van der Waals surface area contributed by atoms with Gasteiger partial charge in [-0.05, 0) is 17.4 Å². The van der Waals surface area contributed by atoms with E-state index < -0.39 is 16.4 Å². The first-order chi connectivity index (χ1) is 8.40. The van der Waals surface area contributed by atoms with Gasteiger partial charge in [0.25, 0.3) is 0 Å². The van der Waals surface area contributed by atoms with Crippen molar-refractivity contribution in [3.8, 4) is 0 Å². The Balaban J connectivity index is 2.70. The number of nitro groups is 1. The predicted octanol–water partition coefficient (Wildman–Crippen LogP) is 2.81. The average Bonchev–Trinajstić information content (AvgIpc) is 2.28. The second kappa shape index (κ2) is 6.34. The smallest absolute Gasteiger partial charge is 0.306 e. The number of nitrogens with zero attached hydrogens (tertiary/aromatic N) is 1. The normalized spacial score (nSPS) is 10.4. The average molecular weight is 272 g/mol. The lowest BCUT2D eigenvalue weighted by Gasteiger charge is -2.06. The van der Waals surface area contributed by atoms with Crippen molar-refractivity contribution in [2.24, 2.45) is 0 Å². The van der Waals surface area contributed by atoms with Gasteiger partial charge in [-0.15, -0.1) is 11.8 Å². The molecule has 0 unspecified atom stereocenters. The van der Waals surface area contributed by atoms with E-state index in [1.807, 2.05) is 13.8 Å². The van der Waals surface area contributed by atoms with Crippen LogP contribution in [0.15, 0.2) is 18.2 Å². The standard InChI is InChI=1S/C11H13FN2O3S/c1-7(2)18-6-11(15)13-8-3-4-9(12)10(5-8)14(16)17/h3-5,7H,6H2,1-2H3,(H,13,15). The number of thioether (sulfide) groups is 1. The van der Waals surface area contributed by atoms with Crippen LogP contribution in [-0.2, 0) is 4.79 Å². The molecule has 0 heterocycles. The summed E-state index contributed by atoms with van der Waals surface area (Å²) in [6.45, 7) is 3.92. The van der Waals surface area contributed by atoms with Gasteiger partial charge in [0.2, 0.25) is 11.7 Å². The van der Waals surface area contributed by atoms with Crippen LogP contribution in [0.2, 0.25) is 0 Å². The number of amides is 1. The lowest BCUT2D eigenvalue weighted by atomic mass is 10.2. The highest BCUT2D eigenvalue weighted by atomic mass is 32.2. The van der Waals surface area contributed by atoms with Gasteiger partial charge in [0.15, 0.2) is 0 Å². The van der Waals surface area contributed by atoms with E-state index in [-0.39, 0.29) is 17.3 Å². The highest BCUT2D eigenvalue weighted by Crippen LogP contribution is 2.21. The molecule has 1 aromatic rings. The summed E-state index contributed by atoms with van der Waals surface area (Å²) in [6.07, 6.45) is 0. The molecule has 0 aliphatic heterocycles. The second-order valence-corrected chi connectivity index (χ2v) is 5.40. The Morgan fingerprint density at radius 2 is 2.22 bits per heavy atom. The lowest BCUT2D eigenvalue weighted by Crippen LogP contribution is -2.15. The van der Waals surface area contributed by atoms with E-state index in [2.05, 4.69) is 5.32 Å². The zero-order valence-corrected chi connectivity index (χ0v) is 10.8. The van der Waals surface area contributed by atoms with Crippen LogP contribution in [0.4, 0.5) is 15.8 Å². The summed E-state index contributed by atoms with van der Waals surface area (Å²) < 4.78 is 13.1. The third-order valence-electron chi connectivity index (χ3n) is 1.97. The van der Waals surface area contributed by atoms with Crippen LogP contribution < -0.4 is 5.32 Å². The third kappa shape index (κ3) is 4.33. The Hall–Kier alpha value is -1.63. The van der Waals surface area contributed by atoms with Gasteiger partial charge in [-0.1, -0.05) is 13.8 Å². The molecule has 0 saturated heterocycles. The van der Waals surface area contributed by atoms with Gasteiger partial charge in [-0.2, -0.15) is 4.39 Å². The first-order valence-electron chi connectivity index (χ1n) is 5.25. The maximum Gasteiger partial charge on any atom is 0.306 e. The molecule has 1 N–H and O–H groups in total. The molecule has 5 nitrogen and oxygen atoms in total. The molecular formula is C11H13FN2O3S. The number of hydrogen-bond acceptors (Lipinski definition) is 4. The van der Waals surface area contributed by atoms with Crippen LogP contribution in [0.1, 0.15) is 13.8 Å². The number of rotatable bonds is 5. The molecule has 0 saturated carbocycles. The maximum absolute atomic E-state index is 13.1. The molecule has 7 heteroatoms. The molecule has 18 heavy (non-hydrogen) atoms. The Kier molecular flexibility index (Phi) is 5.08. The summed E-state index contributed by atoms with van der Waals surface area (Å²) in [5.74, 6) is -0.938. The van der Waals surface area contributed by atoms with E-state index in [1.54, 1.807) is 0 Å². The summed E-state index contributed by atoms with van der Waals surface area (Å²) >= 11 is 1.45. The highest BCUT2D eigenvalue weighted by Gasteiger charge is 2.15. The topological polar surface area (TPSA) is 72.2 Å². The number of benzene rings is 1. The minimum absolute atomic E-state index is 0.220. The van der Waals surface area contributed by atoms with Gasteiger partial charge in [-0.25, -0.2) is 0 Å². The van der Waals surface area contributed by atoms with Crippen LogP contribution in [0.25, 0.3) is 0 Å². The van der Waals surface area contributed by atoms with Crippen molar-refractivity contribution in [1.82, 2.24) is 0 Å². The van der Waals surface area contributed by atoms with Crippen molar-refractivity contribution in [3.63, 3.8) is 0 Å². The van der Waals surface area contributed by atoms with Gasteiger partial charge < -0.3 is 5.32 Å². The van der Waals surface area contributed by atoms with Gasteiger partial charge in [0.1, 0.15) is 0 Å². The first kappa shape index (κ1) is 14.4. The van der Waals surface area contributed by atoms with Crippen LogP contribution in [0.5, 0.6) is 0 Å². The zero-order chi connectivity index (χ0) is 13.7. The minimum atomic E-state index is -0.922. The van der Waals surface area contributed by atoms with Gasteiger partial charge in [0, 0.05) is 11.8 Å². The number of anilines is 1. The fraction of sp³-hybridized carbons (Fsp3) is 0.364. The molecule has 0 aliphatic carbocycles. The first-order valence-corrected chi connectivity index (χ1v) is 6.30. The van der Waals surface area contributed by atoms with Crippen molar-refractivity contribution in [1.29, 1.82) is 0 Å². The Labute approximate surface area is 108 Å². The van der Waals surface area contributed by atoms with Crippen molar-refractivity contribution >= 4 is 29.0 Å². The van der Waals surface area contributed by atoms with E-state index in [9.17, 15) is 19.3 Å². The summed E-state index contributed by atoms with van der Waals surface area (Å²) in [4.78, 5) is 21.2. The van der Waals surface area contributed by atoms with Crippen molar-refractivity contribution in [2.45, 2.75) is 19.1 Å².